The van der Waals surface area contributed by atoms with Crippen LogP contribution in [0.3, 0.4) is 0 Å². The molecule has 2 amide bonds. The number of benzene rings is 3. The first-order valence-electron chi connectivity index (χ1n) is 11.1. The quantitative estimate of drug-likeness (QED) is 0.484. The highest BCUT2D eigenvalue weighted by Crippen LogP contribution is 2.18. The number of amides is 2. The van der Waals surface area contributed by atoms with E-state index in [1.165, 1.54) is 0 Å². The second-order valence-electron chi connectivity index (χ2n) is 9.26. The minimum absolute atomic E-state index is 0.119. The number of hydrogen-bond acceptors (Lipinski definition) is 2. The molecular weight excluding hydrogens is 432 g/mol. The molecule has 0 radical (unpaired) electrons. The summed E-state index contributed by atoms with van der Waals surface area (Å²) in [6.07, 6.45) is 0.596. The first kappa shape index (κ1) is 24.5. The zero-order chi connectivity index (χ0) is 23.8. The lowest BCUT2D eigenvalue weighted by Gasteiger charge is -2.34. The van der Waals surface area contributed by atoms with E-state index in [9.17, 15) is 9.59 Å². The molecule has 3 aromatic rings. The molecule has 0 saturated carbocycles. The highest BCUT2D eigenvalue weighted by atomic mass is 35.5. The van der Waals surface area contributed by atoms with Crippen LogP contribution in [-0.4, -0.2) is 28.3 Å². The monoisotopic (exact) mass is 462 g/mol. The van der Waals surface area contributed by atoms with Gasteiger partial charge in [0.25, 0.3) is 0 Å². The molecule has 33 heavy (non-hydrogen) atoms. The summed E-state index contributed by atoms with van der Waals surface area (Å²) in [7, 11) is 0. The lowest BCUT2D eigenvalue weighted by Crippen LogP contribution is -2.54. The van der Waals surface area contributed by atoms with E-state index < -0.39 is 11.6 Å². The Morgan fingerprint density at radius 2 is 1.42 bits per heavy atom. The van der Waals surface area contributed by atoms with Crippen molar-refractivity contribution in [1.82, 2.24) is 10.2 Å². The number of hydrogen-bond donors (Lipinski definition) is 1. The van der Waals surface area contributed by atoms with Crippen molar-refractivity contribution in [1.29, 1.82) is 0 Å². The van der Waals surface area contributed by atoms with Crippen LogP contribution >= 0.6 is 11.6 Å². The van der Waals surface area contributed by atoms with Crippen LogP contribution in [0.25, 0.3) is 0 Å². The number of nitrogens with zero attached hydrogens (tertiary/aromatic N) is 1. The minimum atomic E-state index is -0.654. The Morgan fingerprint density at radius 1 is 0.848 bits per heavy atom. The SMILES string of the molecule is CC(C)(C)NC(=O)[C@H](Cc1ccccc1)N(Cc1ccccc1)C(=O)Cc1cccc(Cl)c1. The van der Waals surface area contributed by atoms with Crippen molar-refractivity contribution in [3.8, 4) is 0 Å². The molecule has 0 spiro atoms. The smallest absolute Gasteiger partial charge is 0.243 e. The van der Waals surface area contributed by atoms with Crippen LogP contribution in [0.15, 0.2) is 84.9 Å². The molecule has 0 bridgehead atoms. The number of nitrogens with one attached hydrogen (secondary N) is 1. The molecule has 0 unspecified atom stereocenters. The predicted octanol–water partition coefficient (Wildman–Crippen LogP) is 5.44. The van der Waals surface area contributed by atoms with E-state index in [0.717, 1.165) is 16.7 Å². The first-order chi connectivity index (χ1) is 15.7. The summed E-state index contributed by atoms with van der Waals surface area (Å²) in [6, 6.07) is 26.2. The van der Waals surface area contributed by atoms with Crippen molar-refractivity contribution in [2.75, 3.05) is 0 Å². The molecule has 1 N–H and O–H groups in total. The fourth-order valence-corrected chi connectivity index (χ4v) is 3.92. The predicted molar refractivity (Wildman–Crippen MR) is 134 cm³/mol. The molecule has 0 fully saturated rings. The van der Waals surface area contributed by atoms with Gasteiger partial charge < -0.3 is 10.2 Å². The van der Waals surface area contributed by atoms with E-state index in [4.69, 9.17) is 11.6 Å². The van der Waals surface area contributed by atoms with E-state index in [1.807, 2.05) is 93.6 Å². The molecule has 0 aliphatic heterocycles. The number of rotatable bonds is 8. The summed E-state index contributed by atoms with van der Waals surface area (Å²) in [5.74, 6) is -0.284. The van der Waals surface area contributed by atoms with Crippen LogP contribution in [0.4, 0.5) is 0 Å². The lowest BCUT2D eigenvalue weighted by atomic mass is 10.00. The van der Waals surface area contributed by atoms with Gasteiger partial charge in [0.05, 0.1) is 6.42 Å². The van der Waals surface area contributed by atoms with Crippen LogP contribution in [0.2, 0.25) is 5.02 Å². The molecule has 172 valence electrons. The van der Waals surface area contributed by atoms with Gasteiger partial charge in [-0.2, -0.15) is 0 Å². The summed E-state index contributed by atoms with van der Waals surface area (Å²) < 4.78 is 0. The molecule has 4 nitrogen and oxygen atoms in total. The Balaban J connectivity index is 1.97. The fourth-order valence-electron chi connectivity index (χ4n) is 3.71. The Morgan fingerprint density at radius 3 is 2.00 bits per heavy atom. The van der Waals surface area contributed by atoms with Gasteiger partial charge in [-0.05, 0) is 49.6 Å². The fraction of sp³-hybridized carbons (Fsp3) is 0.286. The van der Waals surface area contributed by atoms with Crippen molar-refractivity contribution < 1.29 is 9.59 Å². The van der Waals surface area contributed by atoms with E-state index in [0.29, 0.717) is 18.0 Å². The van der Waals surface area contributed by atoms with Crippen molar-refractivity contribution in [2.24, 2.45) is 0 Å². The maximum atomic E-state index is 13.6. The van der Waals surface area contributed by atoms with Gasteiger partial charge in [0.2, 0.25) is 11.8 Å². The zero-order valence-corrected chi connectivity index (χ0v) is 20.2. The average Bonchev–Trinajstić information content (AvgIpc) is 2.76. The van der Waals surface area contributed by atoms with Crippen LogP contribution in [-0.2, 0) is 29.0 Å². The summed E-state index contributed by atoms with van der Waals surface area (Å²) in [4.78, 5) is 28.8. The van der Waals surface area contributed by atoms with Crippen LogP contribution < -0.4 is 5.32 Å². The maximum absolute atomic E-state index is 13.6. The van der Waals surface area contributed by atoms with E-state index in [2.05, 4.69) is 5.32 Å². The standard InChI is InChI=1S/C28H31ClN2O2/c1-28(2,3)30-27(33)25(18-21-11-6-4-7-12-21)31(20-22-13-8-5-9-14-22)26(32)19-23-15-10-16-24(29)17-23/h4-17,25H,18-20H2,1-3H3,(H,30,33)/t25-/m0/s1. The number of halogens is 1. The molecular formula is C28H31ClN2O2. The minimum Gasteiger partial charge on any atom is -0.350 e. The van der Waals surface area contributed by atoms with Gasteiger partial charge in [-0.3, -0.25) is 9.59 Å². The Hall–Kier alpha value is -3.11. The lowest BCUT2D eigenvalue weighted by molar-refractivity contribution is -0.141. The molecule has 0 heterocycles. The molecule has 0 aliphatic rings. The van der Waals surface area contributed by atoms with Gasteiger partial charge in [-0.25, -0.2) is 0 Å². The third-order valence-corrected chi connectivity index (χ3v) is 5.44. The molecule has 0 aliphatic carbocycles. The molecule has 3 aromatic carbocycles. The van der Waals surface area contributed by atoms with Gasteiger partial charge in [0.15, 0.2) is 0 Å². The van der Waals surface area contributed by atoms with Gasteiger partial charge >= 0.3 is 0 Å². The van der Waals surface area contributed by atoms with Crippen molar-refractivity contribution in [2.45, 2.75) is 51.7 Å². The highest BCUT2D eigenvalue weighted by molar-refractivity contribution is 6.30. The summed E-state index contributed by atoms with van der Waals surface area (Å²) >= 11 is 6.14. The van der Waals surface area contributed by atoms with Gasteiger partial charge in [0, 0.05) is 23.5 Å². The molecule has 1 atom stereocenters. The first-order valence-corrected chi connectivity index (χ1v) is 11.5. The van der Waals surface area contributed by atoms with Crippen LogP contribution in [0, 0.1) is 0 Å². The maximum Gasteiger partial charge on any atom is 0.243 e. The molecule has 0 saturated heterocycles. The average molecular weight is 463 g/mol. The number of carbonyl (C=O) groups is 2. The van der Waals surface area contributed by atoms with Crippen LogP contribution in [0.1, 0.15) is 37.5 Å². The van der Waals surface area contributed by atoms with Gasteiger partial charge in [-0.1, -0.05) is 84.4 Å². The second kappa shape index (κ2) is 11.2. The largest absolute Gasteiger partial charge is 0.350 e. The summed E-state index contributed by atoms with van der Waals surface area (Å²) in [5, 5.41) is 3.66. The highest BCUT2D eigenvalue weighted by Gasteiger charge is 2.32. The molecule has 0 aromatic heterocycles. The molecule has 5 heteroatoms. The van der Waals surface area contributed by atoms with Crippen LogP contribution in [0.5, 0.6) is 0 Å². The summed E-state index contributed by atoms with van der Waals surface area (Å²) in [5.41, 5.74) is 2.37. The van der Waals surface area contributed by atoms with Crippen molar-refractivity contribution in [3.63, 3.8) is 0 Å². The summed E-state index contributed by atoms with van der Waals surface area (Å²) in [6.45, 7) is 6.18. The van der Waals surface area contributed by atoms with E-state index >= 15 is 0 Å². The Kier molecular flexibility index (Phi) is 8.29. The Bertz CT molecular complexity index is 1060. The third kappa shape index (κ3) is 7.76. The zero-order valence-electron chi connectivity index (χ0n) is 19.4. The van der Waals surface area contributed by atoms with Gasteiger partial charge in [0.1, 0.15) is 6.04 Å². The Labute approximate surface area is 201 Å². The molecule has 3 rings (SSSR count). The van der Waals surface area contributed by atoms with Crippen molar-refractivity contribution in [3.05, 3.63) is 107 Å². The van der Waals surface area contributed by atoms with Gasteiger partial charge in [-0.15, -0.1) is 0 Å². The third-order valence-electron chi connectivity index (χ3n) is 5.21. The van der Waals surface area contributed by atoms with Crippen molar-refractivity contribution >= 4 is 23.4 Å². The van der Waals surface area contributed by atoms with E-state index in [-0.39, 0.29) is 18.2 Å². The second-order valence-corrected chi connectivity index (χ2v) is 9.70. The number of carbonyl (C=O) groups excluding carboxylic acids is 2. The topological polar surface area (TPSA) is 49.4 Å². The normalized spacial score (nSPS) is 12.1. The van der Waals surface area contributed by atoms with E-state index in [1.54, 1.807) is 17.0 Å².